The Balaban J connectivity index is 2.14. The Bertz CT molecular complexity index is 385. The van der Waals surface area contributed by atoms with Gasteiger partial charge in [-0.3, -0.25) is 4.79 Å². The van der Waals surface area contributed by atoms with Crippen LogP contribution in [-0.2, 0) is 0 Å². The number of carbonyl (C=O) groups excluding carboxylic acids is 1. The number of ketones is 1. The maximum Gasteiger partial charge on any atom is 0.187 e. The highest BCUT2D eigenvalue weighted by molar-refractivity contribution is 8.25. The lowest BCUT2D eigenvalue weighted by Crippen LogP contribution is -1.94. The molecule has 1 aliphatic heterocycles. The second kappa shape index (κ2) is 4.90. The van der Waals surface area contributed by atoms with Gasteiger partial charge in [0.2, 0.25) is 0 Å². The first-order valence-corrected chi connectivity index (χ1v) is 6.81. The van der Waals surface area contributed by atoms with Gasteiger partial charge in [-0.25, -0.2) is 0 Å². The smallest absolute Gasteiger partial charge is 0.187 e. The highest BCUT2D eigenvalue weighted by atomic mass is 32.2. The van der Waals surface area contributed by atoms with Crippen LogP contribution in [0.25, 0.3) is 0 Å². The lowest BCUT2D eigenvalue weighted by molar-refractivity contribution is 0.104. The van der Waals surface area contributed by atoms with Crippen molar-refractivity contribution < 1.29 is 4.79 Å². The standard InChI is InChI=1S/C12H12OS2/c1-9-2-4-10(5-3-9)11(13)8-12-14-6-7-15-12/h2-5,8H,6-7H2,1H3. The number of carbonyl (C=O) groups is 1. The third-order valence-electron chi connectivity index (χ3n) is 2.16. The van der Waals surface area contributed by atoms with E-state index in [1.54, 1.807) is 29.6 Å². The van der Waals surface area contributed by atoms with Crippen molar-refractivity contribution in [1.29, 1.82) is 0 Å². The molecule has 1 aromatic carbocycles. The van der Waals surface area contributed by atoms with E-state index >= 15 is 0 Å². The Kier molecular flexibility index (Phi) is 3.54. The van der Waals surface area contributed by atoms with Crippen molar-refractivity contribution >= 4 is 29.3 Å². The molecule has 1 saturated heterocycles. The minimum atomic E-state index is 0.118. The largest absolute Gasteiger partial charge is 0.289 e. The summed E-state index contributed by atoms with van der Waals surface area (Å²) in [7, 11) is 0. The fraction of sp³-hybridized carbons (Fsp3) is 0.250. The topological polar surface area (TPSA) is 17.1 Å². The predicted octanol–water partition coefficient (Wildman–Crippen LogP) is 3.50. The summed E-state index contributed by atoms with van der Waals surface area (Å²) in [5.74, 6) is 2.36. The van der Waals surface area contributed by atoms with E-state index < -0.39 is 0 Å². The normalized spacial score (nSPS) is 15.4. The number of hydrogen-bond donors (Lipinski definition) is 0. The van der Waals surface area contributed by atoms with Gasteiger partial charge in [-0.2, -0.15) is 0 Å². The first kappa shape index (κ1) is 10.8. The van der Waals surface area contributed by atoms with E-state index in [9.17, 15) is 4.79 Å². The molecule has 3 heteroatoms. The Morgan fingerprint density at radius 3 is 2.40 bits per heavy atom. The van der Waals surface area contributed by atoms with Crippen LogP contribution in [0.5, 0.6) is 0 Å². The third kappa shape index (κ3) is 2.89. The summed E-state index contributed by atoms with van der Waals surface area (Å²) in [6.45, 7) is 2.02. The zero-order valence-electron chi connectivity index (χ0n) is 8.53. The Labute approximate surface area is 98.3 Å². The van der Waals surface area contributed by atoms with Crippen LogP contribution in [-0.4, -0.2) is 17.3 Å². The van der Waals surface area contributed by atoms with Crippen LogP contribution in [0.1, 0.15) is 15.9 Å². The van der Waals surface area contributed by atoms with E-state index in [0.717, 1.165) is 21.3 Å². The number of aryl methyl sites for hydroxylation is 1. The molecule has 0 bridgehead atoms. The number of thioether (sulfide) groups is 2. The fourth-order valence-electron chi connectivity index (χ4n) is 1.32. The van der Waals surface area contributed by atoms with Crippen LogP contribution in [0.4, 0.5) is 0 Å². The molecular formula is C12H12OS2. The van der Waals surface area contributed by atoms with Gasteiger partial charge in [0, 0.05) is 27.4 Å². The molecule has 1 fully saturated rings. The van der Waals surface area contributed by atoms with E-state index in [-0.39, 0.29) is 5.78 Å². The zero-order valence-corrected chi connectivity index (χ0v) is 10.2. The Morgan fingerprint density at radius 2 is 1.80 bits per heavy atom. The van der Waals surface area contributed by atoms with Crippen LogP contribution in [0.3, 0.4) is 0 Å². The van der Waals surface area contributed by atoms with Gasteiger partial charge in [-0.15, -0.1) is 23.5 Å². The van der Waals surface area contributed by atoms with Gasteiger partial charge in [0.05, 0.1) is 0 Å². The molecule has 15 heavy (non-hydrogen) atoms. The second-order valence-corrected chi connectivity index (χ2v) is 5.92. The molecule has 2 rings (SSSR count). The molecule has 0 unspecified atom stereocenters. The number of benzene rings is 1. The average Bonchev–Trinajstić information content (AvgIpc) is 2.71. The second-order valence-electron chi connectivity index (χ2n) is 3.39. The quantitative estimate of drug-likeness (QED) is 0.578. The molecule has 0 amide bonds. The monoisotopic (exact) mass is 236 g/mol. The van der Waals surface area contributed by atoms with E-state index in [1.165, 1.54) is 5.56 Å². The molecule has 0 saturated carbocycles. The highest BCUT2D eigenvalue weighted by Gasteiger charge is 2.10. The van der Waals surface area contributed by atoms with E-state index in [1.807, 2.05) is 31.2 Å². The van der Waals surface area contributed by atoms with Gasteiger partial charge < -0.3 is 0 Å². The van der Waals surface area contributed by atoms with Gasteiger partial charge in [-0.05, 0) is 6.92 Å². The first-order chi connectivity index (χ1) is 7.25. The molecule has 0 radical (unpaired) electrons. The van der Waals surface area contributed by atoms with Crippen LogP contribution in [0.2, 0.25) is 0 Å². The predicted molar refractivity (Wildman–Crippen MR) is 68.5 cm³/mol. The average molecular weight is 236 g/mol. The summed E-state index contributed by atoms with van der Waals surface area (Å²) in [4.78, 5) is 11.8. The maximum absolute atomic E-state index is 11.8. The van der Waals surface area contributed by atoms with Crippen molar-refractivity contribution in [2.75, 3.05) is 11.5 Å². The summed E-state index contributed by atoms with van der Waals surface area (Å²) >= 11 is 3.54. The number of hydrogen-bond acceptors (Lipinski definition) is 3. The summed E-state index contributed by atoms with van der Waals surface area (Å²) in [6.07, 6.45) is 1.76. The lowest BCUT2D eigenvalue weighted by Gasteiger charge is -1.98. The lowest BCUT2D eigenvalue weighted by atomic mass is 10.1. The van der Waals surface area contributed by atoms with E-state index in [0.29, 0.717) is 0 Å². The van der Waals surface area contributed by atoms with Crippen molar-refractivity contribution in [2.24, 2.45) is 0 Å². The van der Waals surface area contributed by atoms with Crippen LogP contribution in [0, 0.1) is 6.92 Å². The van der Waals surface area contributed by atoms with Gasteiger partial charge in [0.1, 0.15) is 0 Å². The molecule has 0 aromatic heterocycles. The van der Waals surface area contributed by atoms with Crippen molar-refractivity contribution in [3.05, 3.63) is 45.7 Å². The van der Waals surface area contributed by atoms with E-state index in [4.69, 9.17) is 0 Å². The highest BCUT2D eigenvalue weighted by Crippen LogP contribution is 2.36. The van der Waals surface area contributed by atoms with Crippen LogP contribution in [0.15, 0.2) is 34.6 Å². The van der Waals surface area contributed by atoms with Crippen molar-refractivity contribution in [1.82, 2.24) is 0 Å². The molecule has 0 atom stereocenters. The third-order valence-corrected chi connectivity index (χ3v) is 4.74. The number of rotatable bonds is 2. The van der Waals surface area contributed by atoms with Crippen molar-refractivity contribution in [3.63, 3.8) is 0 Å². The molecule has 78 valence electrons. The SMILES string of the molecule is Cc1ccc(C(=O)C=C2SCCS2)cc1. The molecule has 0 aliphatic carbocycles. The Hall–Kier alpha value is -0.670. The van der Waals surface area contributed by atoms with Gasteiger partial charge in [0.25, 0.3) is 0 Å². The summed E-state index contributed by atoms with van der Waals surface area (Å²) in [5, 5.41) is 0. The van der Waals surface area contributed by atoms with Crippen LogP contribution >= 0.6 is 23.5 Å². The molecule has 1 aromatic rings. The number of allylic oxidation sites excluding steroid dienone is 1. The van der Waals surface area contributed by atoms with E-state index in [2.05, 4.69) is 0 Å². The summed E-state index contributed by atoms with van der Waals surface area (Å²) < 4.78 is 1.15. The molecule has 0 N–H and O–H groups in total. The zero-order chi connectivity index (χ0) is 10.7. The molecular weight excluding hydrogens is 224 g/mol. The summed E-state index contributed by atoms with van der Waals surface area (Å²) in [5.41, 5.74) is 1.96. The van der Waals surface area contributed by atoms with Gasteiger partial charge in [0.15, 0.2) is 5.78 Å². The molecule has 1 heterocycles. The Morgan fingerprint density at radius 1 is 1.20 bits per heavy atom. The maximum atomic E-state index is 11.8. The van der Waals surface area contributed by atoms with Gasteiger partial charge in [-0.1, -0.05) is 29.8 Å². The van der Waals surface area contributed by atoms with Crippen LogP contribution < -0.4 is 0 Å². The van der Waals surface area contributed by atoms with Crippen molar-refractivity contribution in [2.45, 2.75) is 6.92 Å². The minimum Gasteiger partial charge on any atom is -0.289 e. The van der Waals surface area contributed by atoms with Crippen molar-refractivity contribution in [3.8, 4) is 0 Å². The fourth-order valence-corrected chi connectivity index (χ4v) is 3.60. The minimum absolute atomic E-state index is 0.118. The first-order valence-electron chi connectivity index (χ1n) is 4.84. The molecule has 1 nitrogen and oxygen atoms in total. The molecule has 1 aliphatic rings. The molecule has 0 spiro atoms. The summed E-state index contributed by atoms with van der Waals surface area (Å²) in [6, 6.07) is 7.72. The van der Waals surface area contributed by atoms with Gasteiger partial charge >= 0.3 is 0 Å².